The Kier molecular flexibility index (Phi) is 5.03. The second kappa shape index (κ2) is 7.25. The summed E-state index contributed by atoms with van der Waals surface area (Å²) in [4.78, 5) is 24.6. The quantitative estimate of drug-likeness (QED) is 0.700. The Hall–Kier alpha value is -2.74. The van der Waals surface area contributed by atoms with Crippen LogP contribution < -0.4 is 16.0 Å². The van der Waals surface area contributed by atoms with Crippen molar-refractivity contribution < 1.29 is 18.4 Å². The summed E-state index contributed by atoms with van der Waals surface area (Å²) < 4.78 is 29.3. The summed E-state index contributed by atoms with van der Waals surface area (Å²) in [6.07, 6.45) is 0. The molecule has 0 spiro atoms. The van der Waals surface area contributed by atoms with Crippen molar-refractivity contribution in [2.75, 3.05) is 5.32 Å². The lowest BCUT2D eigenvalue weighted by Crippen LogP contribution is -2.46. The van der Waals surface area contributed by atoms with Gasteiger partial charge in [0.25, 0.3) is 5.91 Å². The van der Waals surface area contributed by atoms with Gasteiger partial charge in [0, 0.05) is 15.9 Å². The maximum Gasteiger partial charge on any atom is 0.319 e. The number of hydrogen-bond acceptors (Lipinski definition) is 2. The minimum absolute atomic E-state index is 0.0246. The molecule has 134 valence electrons. The topological polar surface area (TPSA) is 70.2 Å². The molecular formula is C18H14BrF2N3O2. The SMILES string of the molecule is CC1=C(C(=O)Nc2ccc(Br)cc2)C(c2c(F)cccc2F)NC(=O)N1. The second-order valence-electron chi connectivity index (χ2n) is 5.67. The van der Waals surface area contributed by atoms with Gasteiger partial charge in [-0.1, -0.05) is 22.0 Å². The molecule has 0 aromatic heterocycles. The number of allylic oxidation sites excluding steroid dienone is 1. The van der Waals surface area contributed by atoms with E-state index in [9.17, 15) is 18.4 Å². The standard InChI is InChI=1S/C18H14BrF2N3O2/c1-9-14(17(25)23-11-7-5-10(19)6-8-11)16(24-18(26)22-9)15-12(20)3-2-4-13(15)21/h2-8,16H,1H3,(H,23,25)(H2,22,24,26). The van der Waals surface area contributed by atoms with Gasteiger partial charge in [-0.15, -0.1) is 0 Å². The van der Waals surface area contributed by atoms with Crippen LogP contribution in [0.4, 0.5) is 19.3 Å². The summed E-state index contributed by atoms with van der Waals surface area (Å²) in [7, 11) is 0. The van der Waals surface area contributed by atoms with Crippen molar-refractivity contribution in [1.82, 2.24) is 10.6 Å². The van der Waals surface area contributed by atoms with E-state index >= 15 is 0 Å². The van der Waals surface area contributed by atoms with Gasteiger partial charge in [-0.2, -0.15) is 0 Å². The molecule has 1 heterocycles. The fraction of sp³-hybridized carbons (Fsp3) is 0.111. The van der Waals surface area contributed by atoms with Crippen molar-refractivity contribution >= 4 is 33.6 Å². The number of urea groups is 1. The van der Waals surface area contributed by atoms with E-state index in [0.717, 1.165) is 16.6 Å². The zero-order valence-corrected chi connectivity index (χ0v) is 15.2. The third-order valence-corrected chi connectivity index (χ3v) is 4.43. The number of hydrogen-bond donors (Lipinski definition) is 3. The molecule has 3 N–H and O–H groups in total. The predicted molar refractivity (Wildman–Crippen MR) is 96.2 cm³/mol. The minimum Gasteiger partial charge on any atom is -0.326 e. The molecule has 1 aliphatic rings. The summed E-state index contributed by atoms with van der Waals surface area (Å²) in [6.45, 7) is 1.50. The highest BCUT2D eigenvalue weighted by Gasteiger charge is 2.34. The summed E-state index contributed by atoms with van der Waals surface area (Å²) >= 11 is 3.30. The monoisotopic (exact) mass is 421 g/mol. The van der Waals surface area contributed by atoms with Crippen molar-refractivity contribution in [3.8, 4) is 0 Å². The van der Waals surface area contributed by atoms with Crippen LogP contribution in [0.2, 0.25) is 0 Å². The minimum atomic E-state index is -1.25. The predicted octanol–water partition coefficient (Wildman–Crippen LogP) is 3.99. The molecule has 26 heavy (non-hydrogen) atoms. The lowest BCUT2D eigenvalue weighted by atomic mass is 9.94. The van der Waals surface area contributed by atoms with Crippen LogP contribution in [0.1, 0.15) is 18.5 Å². The van der Waals surface area contributed by atoms with E-state index in [2.05, 4.69) is 31.9 Å². The van der Waals surface area contributed by atoms with Gasteiger partial charge in [-0.25, -0.2) is 13.6 Å². The van der Waals surface area contributed by atoms with Crippen LogP contribution in [0.25, 0.3) is 0 Å². The fourth-order valence-electron chi connectivity index (χ4n) is 2.73. The van der Waals surface area contributed by atoms with Gasteiger partial charge in [0.15, 0.2) is 0 Å². The number of benzene rings is 2. The summed E-state index contributed by atoms with van der Waals surface area (Å²) in [5.74, 6) is -2.28. The zero-order valence-electron chi connectivity index (χ0n) is 13.6. The van der Waals surface area contributed by atoms with Gasteiger partial charge in [0.1, 0.15) is 11.6 Å². The molecule has 3 amide bonds. The fourth-order valence-corrected chi connectivity index (χ4v) is 2.99. The Morgan fingerprint density at radius 1 is 1.12 bits per heavy atom. The molecule has 0 radical (unpaired) electrons. The second-order valence-corrected chi connectivity index (χ2v) is 6.58. The number of anilines is 1. The van der Waals surface area contributed by atoms with Gasteiger partial charge in [0.05, 0.1) is 17.2 Å². The number of carbonyl (C=O) groups excluding carboxylic acids is 2. The third-order valence-electron chi connectivity index (χ3n) is 3.90. The van der Waals surface area contributed by atoms with E-state index in [4.69, 9.17) is 0 Å². The Labute approximate surface area is 156 Å². The number of halogens is 3. The smallest absolute Gasteiger partial charge is 0.319 e. The molecule has 0 bridgehead atoms. The molecule has 3 rings (SSSR count). The van der Waals surface area contributed by atoms with E-state index < -0.39 is 29.6 Å². The molecule has 1 atom stereocenters. The zero-order chi connectivity index (χ0) is 18.8. The molecule has 0 saturated heterocycles. The Bertz CT molecular complexity index is 893. The molecule has 1 aliphatic heterocycles. The Morgan fingerprint density at radius 2 is 1.73 bits per heavy atom. The van der Waals surface area contributed by atoms with Crippen LogP contribution >= 0.6 is 15.9 Å². The lowest BCUT2D eigenvalue weighted by molar-refractivity contribution is -0.113. The first-order valence-electron chi connectivity index (χ1n) is 7.66. The third kappa shape index (κ3) is 3.60. The molecule has 8 heteroatoms. The largest absolute Gasteiger partial charge is 0.326 e. The number of rotatable bonds is 3. The van der Waals surface area contributed by atoms with Gasteiger partial charge in [-0.3, -0.25) is 4.79 Å². The molecule has 0 fully saturated rings. The average molecular weight is 422 g/mol. The Morgan fingerprint density at radius 3 is 2.35 bits per heavy atom. The molecular weight excluding hydrogens is 408 g/mol. The van der Waals surface area contributed by atoms with Crippen molar-refractivity contribution in [3.05, 3.63) is 75.4 Å². The van der Waals surface area contributed by atoms with Crippen LogP contribution in [-0.4, -0.2) is 11.9 Å². The maximum absolute atomic E-state index is 14.2. The van der Waals surface area contributed by atoms with Crippen LogP contribution in [0.15, 0.2) is 58.2 Å². The van der Waals surface area contributed by atoms with E-state index in [-0.39, 0.29) is 16.8 Å². The van der Waals surface area contributed by atoms with Crippen LogP contribution in [0.5, 0.6) is 0 Å². The van der Waals surface area contributed by atoms with Crippen molar-refractivity contribution in [2.24, 2.45) is 0 Å². The number of carbonyl (C=O) groups is 2. The van der Waals surface area contributed by atoms with Gasteiger partial charge in [-0.05, 0) is 43.3 Å². The highest BCUT2D eigenvalue weighted by molar-refractivity contribution is 9.10. The van der Waals surface area contributed by atoms with Crippen LogP contribution in [-0.2, 0) is 4.79 Å². The highest BCUT2D eigenvalue weighted by Crippen LogP contribution is 2.31. The van der Waals surface area contributed by atoms with Gasteiger partial charge in [0.2, 0.25) is 0 Å². The van der Waals surface area contributed by atoms with Gasteiger partial charge >= 0.3 is 6.03 Å². The lowest BCUT2D eigenvalue weighted by Gasteiger charge is -2.29. The summed E-state index contributed by atoms with van der Waals surface area (Å²) in [6, 6.07) is 8.30. The van der Waals surface area contributed by atoms with E-state index in [1.165, 1.54) is 13.0 Å². The molecule has 0 aliphatic carbocycles. The highest BCUT2D eigenvalue weighted by atomic mass is 79.9. The Balaban J connectivity index is 2.00. The van der Waals surface area contributed by atoms with Gasteiger partial charge < -0.3 is 16.0 Å². The molecule has 2 aromatic rings. The first kappa shape index (κ1) is 18.1. The molecule has 2 aromatic carbocycles. The molecule has 5 nitrogen and oxygen atoms in total. The van der Waals surface area contributed by atoms with E-state index in [1.807, 2.05) is 0 Å². The van der Waals surface area contributed by atoms with Crippen LogP contribution in [0.3, 0.4) is 0 Å². The number of amides is 3. The van der Waals surface area contributed by atoms with Crippen LogP contribution in [0, 0.1) is 11.6 Å². The average Bonchev–Trinajstić information content (AvgIpc) is 2.56. The van der Waals surface area contributed by atoms with E-state index in [0.29, 0.717) is 5.69 Å². The van der Waals surface area contributed by atoms with Crippen molar-refractivity contribution in [2.45, 2.75) is 13.0 Å². The summed E-state index contributed by atoms with van der Waals surface area (Å²) in [5.41, 5.74) is 0.360. The van der Waals surface area contributed by atoms with Crippen molar-refractivity contribution in [3.63, 3.8) is 0 Å². The van der Waals surface area contributed by atoms with Crippen molar-refractivity contribution in [1.29, 1.82) is 0 Å². The first-order chi connectivity index (χ1) is 12.4. The summed E-state index contributed by atoms with van der Waals surface area (Å²) in [5, 5.41) is 7.54. The first-order valence-corrected chi connectivity index (χ1v) is 8.45. The molecule has 1 unspecified atom stereocenters. The molecule has 0 saturated carbocycles. The van der Waals surface area contributed by atoms with E-state index in [1.54, 1.807) is 24.3 Å². The maximum atomic E-state index is 14.2. The number of nitrogens with one attached hydrogen (secondary N) is 3. The normalized spacial score (nSPS) is 16.8.